The zero-order chi connectivity index (χ0) is 18.5. The number of hydrogen-bond donors (Lipinski definition) is 0. The summed E-state index contributed by atoms with van der Waals surface area (Å²) >= 11 is 0. The standard InChI is InChI=1S/C26H46/c1-3-5-7-12-23-18-20-24(21-19-23)13-9-10-15-26-17-11-16-25(22-26)14-8-6-4-2/h5,7-8,14,23-26H,3-4,6,9-13,15-22H2,1-2H3/b7-5-,14-8-. The van der Waals surface area contributed by atoms with Crippen LogP contribution in [0.1, 0.15) is 117 Å². The Hall–Kier alpha value is -0.520. The molecule has 2 aliphatic rings. The van der Waals surface area contributed by atoms with Gasteiger partial charge in [0.2, 0.25) is 0 Å². The summed E-state index contributed by atoms with van der Waals surface area (Å²) in [7, 11) is 0. The number of allylic oxidation sites excluding steroid dienone is 4. The molecule has 2 saturated carbocycles. The second-order valence-electron chi connectivity index (χ2n) is 9.30. The molecule has 0 N–H and O–H groups in total. The van der Waals surface area contributed by atoms with Crippen molar-refractivity contribution >= 4 is 0 Å². The molecule has 0 saturated heterocycles. The highest BCUT2D eigenvalue weighted by Gasteiger charge is 2.21. The van der Waals surface area contributed by atoms with Gasteiger partial charge in [-0.25, -0.2) is 0 Å². The molecule has 2 fully saturated rings. The molecule has 26 heavy (non-hydrogen) atoms. The van der Waals surface area contributed by atoms with Crippen molar-refractivity contribution in [3.8, 4) is 0 Å². The molecule has 0 aromatic heterocycles. The van der Waals surface area contributed by atoms with E-state index in [-0.39, 0.29) is 0 Å². The van der Waals surface area contributed by atoms with Crippen LogP contribution in [0.2, 0.25) is 0 Å². The van der Waals surface area contributed by atoms with Gasteiger partial charge in [-0.3, -0.25) is 0 Å². The lowest BCUT2D eigenvalue weighted by Crippen LogP contribution is -2.15. The van der Waals surface area contributed by atoms with Crippen molar-refractivity contribution in [2.24, 2.45) is 23.7 Å². The fourth-order valence-electron chi connectivity index (χ4n) is 5.30. The first-order valence-electron chi connectivity index (χ1n) is 12.1. The Balaban J connectivity index is 1.52. The molecule has 0 spiro atoms. The lowest BCUT2D eigenvalue weighted by molar-refractivity contribution is 0.250. The van der Waals surface area contributed by atoms with Crippen LogP contribution in [0.25, 0.3) is 0 Å². The SMILES string of the molecule is CC/C=C\CC1CCC(CCCCC2CCCC(/C=C\CCC)C2)CC1. The maximum atomic E-state index is 2.55. The van der Waals surface area contributed by atoms with Crippen molar-refractivity contribution in [1.29, 1.82) is 0 Å². The number of unbranched alkanes of at least 4 members (excludes halogenated alkanes) is 2. The maximum Gasteiger partial charge on any atom is -0.0231 e. The molecule has 0 bridgehead atoms. The molecule has 0 heteroatoms. The third-order valence-electron chi connectivity index (χ3n) is 7.00. The number of hydrogen-bond acceptors (Lipinski definition) is 0. The smallest absolute Gasteiger partial charge is 0.0231 e. The normalized spacial score (nSPS) is 30.4. The van der Waals surface area contributed by atoms with Crippen molar-refractivity contribution in [2.75, 3.05) is 0 Å². The second kappa shape index (κ2) is 13.6. The predicted octanol–water partition coefficient (Wildman–Crippen LogP) is 8.87. The van der Waals surface area contributed by atoms with Gasteiger partial charge >= 0.3 is 0 Å². The van der Waals surface area contributed by atoms with Crippen molar-refractivity contribution in [3.63, 3.8) is 0 Å². The minimum Gasteiger partial charge on any atom is -0.0888 e. The molecule has 0 aliphatic heterocycles. The van der Waals surface area contributed by atoms with Gasteiger partial charge in [0, 0.05) is 0 Å². The van der Waals surface area contributed by atoms with Crippen LogP contribution in [0.5, 0.6) is 0 Å². The van der Waals surface area contributed by atoms with Gasteiger partial charge < -0.3 is 0 Å². The van der Waals surface area contributed by atoms with E-state index in [4.69, 9.17) is 0 Å². The highest BCUT2D eigenvalue weighted by atomic mass is 14.3. The molecule has 0 nitrogen and oxygen atoms in total. The first kappa shape index (κ1) is 21.8. The summed E-state index contributed by atoms with van der Waals surface area (Å²) in [5, 5.41) is 0. The van der Waals surface area contributed by atoms with Crippen LogP contribution in [0.15, 0.2) is 24.3 Å². The molecule has 0 aromatic carbocycles. The van der Waals surface area contributed by atoms with Crippen LogP contribution in [0.4, 0.5) is 0 Å². The van der Waals surface area contributed by atoms with Crippen molar-refractivity contribution < 1.29 is 0 Å². The minimum absolute atomic E-state index is 0.900. The quantitative estimate of drug-likeness (QED) is 0.255. The van der Waals surface area contributed by atoms with Crippen molar-refractivity contribution in [3.05, 3.63) is 24.3 Å². The Morgan fingerprint density at radius 3 is 2.19 bits per heavy atom. The van der Waals surface area contributed by atoms with Gasteiger partial charge in [-0.15, -0.1) is 0 Å². The van der Waals surface area contributed by atoms with Crippen LogP contribution >= 0.6 is 0 Å². The monoisotopic (exact) mass is 358 g/mol. The topological polar surface area (TPSA) is 0 Å². The van der Waals surface area contributed by atoms with E-state index < -0.39 is 0 Å². The van der Waals surface area contributed by atoms with E-state index in [1.807, 2.05) is 0 Å². The molecule has 0 aromatic rings. The van der Waals surface area contributed by atoms with Gasteiger partial charge in [0.25, 0.3) is 0 Å². The summed E-state index contributed by atoms with van der Waals surface area (Å²) in [6.45, 7) is 4.52. The Labute approximate surface area is 164 Å². The zero-order valence-electron chi connectivity index (χ0n) is 17.9. The largest absolute Gasteiger partial charge is 0.0888 e. The average molecular weight is 359 g/mol. The lowest BCUT2D eigenvalue weighted by Gasteiger charge is -2.29. The van der Waals surface area contributed by atoms with Crippen molar-refractivity contribution in [2.45, 2.75) is 117 Å². The average Bonchev–Trinajstić information content (AvgIpc) is 2.67. The molecular formula is C26H46. The minimum atomic E-state index is 0.900. The summed E-state index contributed by atoms with van der Waals surface area (Å²) in [5.41, 5.74) is 0. The molecular weight excluding hydrogens is 312 g/mol. The molecule has 150 valence electrons. The second-order valence-corrected chi connectivity index (χ2v) is 9.30. The predicted molar refractivity (Wildman–Crippen MR) is 117 cm³/mol. The van der Waals surface area contributed by atoms with Gasteiger partial charge in [0.1, 0.15) is 0 Å². The molecule has 0 radical (unpaired) electrons. The Morgan fingerprint density at radius 2 is 1.46 bits per heavy atom. The van der Waals surface area contributed by atoms with Crippen molar-refractivity contribution in [1.82, 2.24) is 0 Å². The number of rotatable bonds is 11. The first-order chi connectivity index (χ1) is 12.8. The third-order valence-corrected chi connectivity index (χ3v) is 7.00. The summed E-state index contributed by atoms with van der Waals surface area (Å²) in [6, 6.07) is 0. The first-order valence-corrected chi connectivity index (χ1v) is 12.1. The van der Waals surface area contributed by atoms with Crippen LogP contribution in [0.3, 0.4) is 0 Å². The van der Waals surface area contributed by atoms with Gasteiger partial charge in [0.15, 0.2) is 0 Å². The maximum absolute atomic E-state index is 2.55. The Kier molecular flexibility index (Phi) is 11.4. The van der Waals surface area contributed by atoms with E-state index in [1.54, 1.807) is 0 Å². The van der Waals surface area contributed by atoms with Crippen LogP contribution < -0.4 is 0 Å². The van der Waals surface area contributed by atoms with Gasteiger partial charge in [-0.05, 0) is 68.6 Å². The van der Waals surface area contributed by atoms with E-state index in [2.05, 4.69) is 38.2 Å². The van der Waals surface area contributed by atoms with Gasteiger partial charge in [0.05, 0.1) is 0 Å². The fourth-order valence-corrected chi connectivity index (χ4v) is 5.30. The zero-order valence-corrected chi connectivity index (χ0v) is 17.9. The molecule has 2 unspecified atom stereocenters. The molecule has 0 amide bonds. The lowest BCUT2D eigenvalue weighted by atomic mass is 9.77. The summed E-state index contributed by atoms with van der Waals surface area (Å²) in [4.78, 5) is 0. The van der Waals surface area contributed by atoms with E-state index in [0.29, 0.717) is 0 Å². The molecule has 2 atom stereocenters. The molecule has 2 aliphatic carbocycles. The highest BCUT2D eigenvalue weighted by Crippen LogP contribution is 2.36. The highest BCUT2D eigenvalue weighted by molar-refractivity contribution is 4.91. The van der Waals surface area contributed by atoms with E-state index in [0.717, 1.165) is 23.7 Å². The Bertz CT molecular complexity index is 383. The summed E-state index contributed by atoms with van der Waals surface area (Å²) < 4.78 is 0. The summed E-state index contributed by atoms with van der Waals surface area (Å²) in [6.07, 6.45) is 32.8. The summed E-state index contributed by atoms with van der Waals surface area (Å²) in [5.74, 6) is 3.98. The molecule has 0 heterocycles. The van der Waals surface area contributed by atoms with E-state index in [9.17, 15) is 0 Å². The van der Waals surface area contributed by atoms with Gasteiger partial charge in [-0.2, -0.15) is 0 Å². The van der Waals surface area contributed by atoms with E-state index >= 15 is 0 Å². The van der Waals surface area contributed by atoms with Crippen LogP contribution in [-0.2, 0) is 0 Å². The fraction of sp³-hybridized carbons (Fsp3) is 0.846. The van der Waals surface area contributed by atoms with Gasteiger partial charge in [-0.1, -0.05) is 95.9 Å². The van der Waals surface area contributed by atoms with Crippen LogP contribution in [0, 0.1) is 23.7 Å². The molecule has 2 rings (SSSR count). The van der Waals surface area contributed by atoms with E-state index in [1.165, 1.54) is 103 Å². The Morgan fingerprint density at radius 1 is 0.731 bits per heavy atom. The third kappa shape index (κ3) is 8.92. The van der Waals surface area contributed by atoms with Crippen LogP contribution in [-0.4, -0.2) is 0 Å².